The Bertz CT molecular complexity index is 1490. The van der Waals surface area contributed by atoms with Crippen LogP contribution in [-0.4, -0.2) is 36.6 Å². The van der Waals surface area contributed by atoms with Crippen molar-refractivity contribution in [2.75, 3.05) is 0 Å². The van der Waals surface area contributed by atoms with Gasteiger partial charge in [0.15, 0.2) is 11.4 Å². The van der Waals surface area contributed by atoms with E-state index in [1.54, 1.807) is 0 Å². The molecule has 3 heterocycles. The second-order valence-electron chi connectivity index (χ2n) is 7.26. The van der Waals surface area contributed by atoms with Crippen LogP contribution in [0.2, 0.25) is 0 Å². The summed E-state index contributed by atoms with van der Waals surface area (Å²) in [6.45, 7) is 5.17. The van der Waals surface area contributed by atoms with Crippen molar-refractivity contribution >= 4 is 50.7 Å². The molecule has 0 saturated carbocycles. The lowest BCUT2D eigenvalue weighted by atomic mass is 10.0. The average Bonchev–Trinajstić information content (AvgIpc) is 3.03. The second-order valence-corrected chi connectivity index (χ2v) is 9.84. The zero-order chi connectivity index (χ0) is 23.3. The SMILES string of the molecule is Cc1sc2nc3c(S[C@@H](C)C(=O)O)cc(C(=O)c4cc(F)ccc4O)cn3c(=O)c2c1C. The number of rotatable bonds is 5. The maximum absolute atomic E-state index is 13.7. The van der Waals surface area contributed by atoms with Crippen molar-refractivity contribution < 1.29 is 24.2 Å². The highest BCUT2D eigenvalue weighted by molar-refractivity contribution is 8.00. The molecular weight excluding hydrogens is 455 g/mol. The van der Waals surface area contributed by atoms with Gasteiger partial charge in [0.1, 0.15) is 21.6 Å². The Morgan fingerprint density at radius 1 is 1.25 bits per heavy atom. The van der Waals surface area contributed by atoms with Crippen LogP contribution >= 0.6 is 23.1 Å². The molecule has 0 saturated heterocycles. The number of thiophene rings is 1. The number of hydrogen-bond acceptors (Lipinski definition) is 7. The van der Waals surface area contributed by atoms with Gasteiger partial charge in [0.25, 0.3) is 5.56 Å². The number of thioether (sulfide) groups is 1. The van der Waals surface area contributed by atoms with Crippen molar-refractivity contribution in [3.8, 4) is 5.75 Å². The average molecular weight is 473 g/mol. The summed E-state index contributed by atoms with van der Waals surface area (Å²) in [5.41, 5.74) is 0.337. The molecule has 7 nitrogen and oxygen atoms in total. The standard InChI is InChI=1S/C22H17FN2O5S2/c1-9-10(2)32-20-17(9)21(28)25-8-12(18(27)14-7-13(23)4-5-15(14)26)6-16(19(25)24-20)31-11(3)22(29)30/h4-8,11,26H,1-3H3,(H,29,30)/t11-/m0/s1. The van der Waals surface area contributed by atoms with Crippen LogP contribution in [0.3, 0.4) is 0 Å². The third kappa shape index (κ3) is 3.65. The number of phenolic OH excluding ortho intramolecular Hbond substituents is 1. The van der Waals surface area contributed by atoms with E-state index in [0.29, 0.717) is 15.1 Å². The van der Waals surface area contributed by atoms with Crippen molar-refractivity contribution in [2.24, 2.45) is 0 Å². The third-order valence-electron chi connectivity index (χ3n) is 5.13. The first-order valence-electron chi connectivity index (χ1n) is 9.47. The van der Waals surface area contributed by atoms with E-state index >= 15 is 0 Å². The quantitative estimate of drug-likeness (QED) is 0.331. The summed E-state index contributed by atoms with van der Waals surface area (Å²) >= 11 is 2.30. The van der Waals surface area contributed by atoms with E-state index in [1.165, 1.54) is 34.9 Å². The van der Waals surface area contributed by atoms with E-state index in [4.69, 9.17) is 0 Å². The number of carboxylic acids is 1. The zero-order valence-electron chi connectivity index (χ0n) is 17.2. The molecule has 0 aliphatic heterocycles. The summed E-state index contributed by atoms with van der Waals surface area (Å²) in [4.78, 5) is 44.2. The van der Waals surface area contributed by atoms with Crippen LogP contribution in [0.25, 0.3) is 15.9 Å². The van der Waals surface area contributed by atoms with Crippen molar-refractivity contribution in [3.63, 3.8) is 0 Å². The van der Waals surface area contributed by atoms with E-state index in [1.807, 2.05) is 13.8 Å². The minimum Gasteiger partial charge on any atom is -0.507 e. The van der Waals surface area contributed by atoms with Gasteiger partial charge in [0.05, 0.1) is 15.8 Å². The molecule has 0 bridgehead atoms. The molecule has 0 aliphatic rings. The molecule has 1 atom stereocenters. The van der Waals surface area contributed by atoms with Gasteiger partial charge in [0.2, 0.25) is 0 Å². The van der Waals surface area contributed by atoms with Crippen LogP contribution in [0.5, 0.6) is 5.75 Å². The summed E-state index contributed by atoms with van der Waals surface area (Å²) in [5.74, 6) is -2.89. The molecule has 4 rings (SSSR count). The van der Waals surface area contributed by atoms with Gasteiger partial charge >= 0.3 is 5.97 Å². The van der Waals surface area contributed by atoms with E-state index in [-0.39, 0.29) is 16.8 Å². The van der Waals surface area contributed by atoms with Crippen molar-refractivity contribution in [1.82, 2.24) is 9.38 Å². The Labute approximate surface area is 189 Å². The zero-order valence-corrected chi connectivity index (χ0v) is 18.8. The number of carbonyl (C=O) groups is 2. The smallest absolute Gasteiger partial charge is 0.316 e. The van der Waals surface area contributed by atoms with Gasteiger partial charge in [-0.05, 0) is 50.6 Å². The highest BCUT2D eigenvalue weighted by atomic mass is 32.2. The Balaban J connectivity index is 2.03. The normalized spacial score (nSPS) is 12.4. The lowest BCUT2D eigenvalue weighted by molar-refractivity contribution is -0.136. The molecule has 0 aliphatic carbocycles. The fraction of sp³-hybridized carbons (Fsp3) is 0.182. The number of phenols is 1. The van der Waals surface area contributed by atoms with Crippen molar-refractivity contribution in [1.29, 1.82) is 0 Å². The number of aromatic nitrogens is 2. The van der Waals surface area contributed by atoms with Gasteiger partial charge < -0.3 is 10.2 Å². The lowest BCUT2D eigenvalue weighted by Crippen LogP contribution is -2.19. The Hall–Kier alpha value is -3.24. The first-order valence-corrected chi connectivity index (χ1v) is 11.2. The van der Waals surface area contributed by atoms with Crippen LogP contribution in [0, 0.1) is 19.7 Å². The fourth-order valence-corrected chi connectivity index (χ4v) is 5.23. The summed E-state index contributed by atoms with van der Waals surface area (Å²) < 4.78 is 14.9. The molecule has 0 spiro atoms. The molecule has 164 valence electrons. The topological polar surface area (TPSA) is 109 Å². The first kappa shape index (κ1) is 22.0. The number of aryl methyl sites for hydroxylation is 2. The fourth-order valence-electron chi connectivity index (χ4n) is 3.28. The number of aliphatic carboxylic acids is 1. The molecular formula is C22H17FN2O5S2. The van der Waals surface area contributed by atoms with Crippen LogP contribution in [0.4, 0.5) is 4.39 Å². The van der Waals surface area contributed by atoms with E-state index in [2.05, 4.69) is 4.98 Å². The van der Waals surface area contributed by atoms with Gasteiger partial charge in [-0.1, -0.05) is 0 Å². The number of carbonyl (C=O) groups excluding carboxylic acids is 1. The Kier molecular flexibility index (Phi) is 5.51. The largest absolute Gasteiger partial charge is 0.507 e. The first-order chi connectivity index (χ1) is 15.1. The minimum atomic E-state index is -1.07. The van der Waals surface area contributed by atoms with Gasteiger partial charge in [-0.3, -0.25) is 18.8 Å². The van der Waals surface area contributed by atoms with Crippen molar-refractivity contribution in [3.05, 3.63) is 68.2 Å². The van der Waals surface area contributed by atoms with Crippen LogP contribution < -0.4 is 5.56 Å². The Morgan fingerprint density at radius 2 is 1.97 bits per heavy atom. The minimum absolute atomic E-state index is 0.00802. The monoisotopic (exact) mass is 472 g/mol. The predicted molar refractivity (Wildman–Crippen MR) is 121 cm³/mol. The third-order valence-corrected chi connectivity index (χ3v) is 7.34. The second kappa shape index (κ2) is 8.03. The molecule has 4 aromatic rings. The number of fused-ring (bicyclic) bond motifs is 2. The molecule has 0 unspecified atom stereocenters. The highest BCUT2D eigenvalue weighted by Gasteiger charge is 2.23. The molecule has 10 heteroatoms. The number of halogens is 1. The molecule has 0 fully saturated rings. The van der Waals surface area contributed by atoms with E-state index in [9.17, 15) is 29.0 Å². The van der Waals surface area contributed by atoms with Crippen LogP contribution in [0.15, 0.2) is 40.2 Å². The van der Waals surface area contributed by atoms with E-state index < -0.39 is 34.1 Å². The molecule has 0 radical (unpaired) electrons. The maximum Gasteiger partial charge on any atom is 0.316 e. The van der Waals surface area contributed by atoms with Gasteiger partial charge in [0, 0.05) is 16.6 Å². The van der Waals surface area contributed by atoms with E-state index in [0.717, 1.165) is 40.4 Å². The van der Waals surface area contributed by atoms with Crippen molar-refractivity contribution in [2.45, 2.75) is 30.9 Å². The summed E-state index contributed by atoms with van der Waals surface area (Å²) in [7, 11) is 0. The predicted octanol–water partition coefficient (Wildman–Crippen LogP) is 4.17. The number of carboxylic acid groups (broad SMARTS) is 1. The van der Waals surface area contributed by atoms with Crippen LogP contribution in [-0.2, 0) is 4.79 Å². The van der Waals surface area contributed by atoms with Gasteiger partial charge in [-0.2, -0.15) is 0 Å². The van der Waals surface area contributed by atoms with Gasteiger partial charge in [-0.25, -0.2) is 9.37 Å². The molecule has 2 N–H and O–H groups in total. The number of hydrogen-bond donors (Lipinski definition) is 2. The Morgan fingerprint density at radius 3 is 2.66 bits per heavy atom. The number of aromatic hydroxyl groups is 1. The molecule has 32 heavy (non-hydrogen) atoms. The summed E-state index contributed by atoms with van der Waals surface area (Å²) in [6.07, 6.45) is 1.29. The molecule has 1 aromatic carbocycles. The molecule has 0 amide bonds. The maximum atomic E-state index is 13.7. The highest BCUT2D eigenvalue weighted by Crippen LogP contribution is 2.32. The number of pyridine rings is 1. The number of ketones is 1. The molecule has 3 aromatic heterocycles. The summed E-state index contributed by atoms with van der Waals surface area (Å²) in [6, 6.07) is 4.42. The number of benzene rings is 1. The van der Waals surface area contributed by atoms with Gasteiger partial charge in [-0.15, -0.1) is 23.1 Å². The van der Waals surface area contributed by atoms with Crippen LogP contribution in [0.1, 0.15) is 33.3 Å². The lowest BCUT2D eigenvalue weighted by Gasteiger charge is -2.13. The summed E-state index contributed by atoms with van der Waals surface area (Å²) in [5, 5.41) is 18.9. The number of nitrogens with zero attached hydrogens (tertiary/aromatic N) is 2.